The Morgan fingerprint density at radius 2 is 1.92 bits per heavy atom. The summed E-state index contributed by atoms with van der Waals surface area (Å²) in [5.41, 5.74) is 16.3. The van der Waals surface area contributed by atoms with Crippen LogP contribution in [-0.4, -0.2) is 6.54 Å². The molecule has 1 N–H and O–H groups in total. The van der Waals surface area contributed by atoms with E-state index >= 15 is 0 Å². The summed E-state index contributed by atoms with van der Waals surface area (Å²) in [5.74, 6) is 0. The molecule has 0 saturated carbocycles. The molecule has 0 fully saturated rings. The molecule has 1 aromatic rings. The predicted molar refractivity (Wildman–Crippen MR) is 48.7 cm³/mol. The Labute approximate surface area is 70.6 Å². The van der Waals surface area contributed by atoms with Gasteiger partial charge in [0.15, 0.2) is 0 Å². The number of hydrogen-bond donors (Lipinski definition) is 1. The highest BCUT2D eigenvalue weighted by Gasteiger charge is 2.05. The Bertz CT molecular complexity index is 266. The van der Waals surface area contributed by atoms with E-state index in [2.05, 4.69) is 29.6 Å². The summed E-state index contributed by atoms with van der Waals surface area (Å²) in [5, 5.41) is 3.30. The number of anilines is 1. The van der Waals surface area contributed by atoms with Crippen LogP contribution in [0.25, 0.3) is 16.0 Å². The summed E-state index contributed by atoms with van der Waals surface area (Å²) in [6.07, 6.45) is 1.19. The number of fused-ring (bicyclic) bond motifs is 1. The molecule has 0 aromatic heterocycles. The third kappa shape index (κ3) is 1.90. The van der Waals surface area contributed by atoms with Crippen molar-refractivity contribution < 1.29 is 0 Å². The van der Waals surface area contributed by atoms with Crippen molar-refractivity contribution >= 4 is 5.69 Å². The van der Waals surface area contributed by atoms with Crippen LogP contribution >= 0.6 is 0 Å². The maximum Gasteiger partial charge on any atom is 0.0373 e. The van der Waals surface area contributed by atoms with Crippen LogP contribution in [-0.2, 0) is 6.42 Å². The van der Waals surface area contributed by atoms with E-state index < -0.39 is 0 Å². The van der Waals surface area contributed by atoms with Crippen molar-refractivity contribution in [3.63, 3.8) is 0 Å². The van der Waals surface area contributed by atoms with Crippen LogP contribution < -0.4 is 5.32 Å². The zero-order valence-electron chi connectivity index (χ0n) is 6.57. The molecule has 0 atom stereocenters. The molecule has 0 radical (unpaired) electrons. The molecule has 0 spiro atoms. The molecule has 0 bridgehead atoms. The molecule has 0 amide bonds. The lowest BCUT2D eigenvalue weighted by Crippen LogP contribution is -1.90. The molecule has 1 aliphatic rings. The SMILES string of the molecule is [N-]=[N+]=[N-].c1ccc2c(c1)CCN2. The lowest BCUT2D eigenvalue weighted by Gasteiger charge is -1.94. The molecule has 4 nitrogen and oxygen atoms in total. The molecule has 1 aliphatic heterocycles. The Morgan fingerprint density at radius 1 is 1.25 bits per heavy atom. The third-order valence-electron chi connectivity index (χ3n) is 1.73. The molecule has 12 heavy (non-hydrogen) atoms. The number of nitrogens with one attached hydrogen (secondary N) is 1. The summed E-state index contributed by atoms with van der Waals surface area (Å²) in [6, 6.07) is 8.46. The lowest BCUT2D eigenvalue weighted by atomic mass is 10.2. The summed E-state index contributed by atoms with van der Waals surface area (Å²) in [6.45, 7) is 1.11. The number of rotatable bonds is 0. The topological polar surface area (TPSA) is 70.7 Å². The van der Waals surface area contributed by atoms with Gasteiger partial charge in [-0.3, -0.25) is 4.91 Å². The van der Waals surface area contributed by atoms with Crippen molar-refractivity contribution in [2.45, 2.75) is 6.42 Å². The smallest absolute Gasteiger partial charge is 0.0373 e. The first-order valence-corrected chi connectivity index (χ1v) is 3.68. The molecule has 0 unspecified atom stereocenters. The van der Waals surface area contributed by atoms with Gasteiger partial charge in [-0.25, -0.2) is 0 Å². The quantitative estimate of drug-likeness (QED) is 0.354. The lowest BCUT2D eigenvalue weighted by molar-refractivity contribution is 1.11. The Kier molecular flexibility index (Phi) is 2.99. The summed E-state index contributed by atoms with van der Waals surface area (Å²) in [7, 11) is 0. The fourth-order valence-electron chi connectivity index (χ4n) is 1.24. The van der Waals surface area contributed by atoms with E-state index in [-0.39, 0.29) is 0 Å². The highest BCUT2D eigenvalue weighted by molar-refractivity contribution is 5.54. The molecule has 1 heterocycles. The number of hydrogen-bond acceptors (Lipinski definition) is 1. The molecule has 1 aromatic carbocycles. The standard InChI is InChI=1S/C8H9N.N3/c1-2-4-8-7(3-1)5-6-9-8;1-3-2/h1-4,9H,5-6H2;/q;-1. The number of para-hydroxylation sites is 1. The minimum absolute atomic E-state index is 1.11. The summed E-state index contributed by atoms with van der Waals surface area (Å²) < 4.78 is 0. The Morgan fingerprint density at radius 3 is 2.58 bits per heavy atom. The maximum atomic E-state index is 6.75. The van der Waals surface area contributed by atoms with Gasteiger partial charge in [-0.1, -0.05) is 18.2 Å². The van der Waals surface area contributed by atoms with Gasteiger partial charge in [-0.15, -0.1) is 0 Å². The van der Waals surface area contributed by atoms with E-state index in [9.17, 15) is 0 Å². The molecule has 62 valence electrons. The van der Waals surface area contributed by atoms with Crippen LogP contribution in [0.4, 0.5) is 5.69 Å². The zero-order valence-corrected chi connectivity index (χ0v) is 6.57. The predicted octanol–water partition coefficient (Wildman–Crippen LogP) is 2.52. The largest absolute Gasteiger partial charge is 0.384 e. The Hall–Kier alpha value is -1.67. The molecular formula is C8H9N4-. The van der Waals surface area contributed by atoms with Crippen LogP contribution in [0.3, 0.4) is 0 Å². The number of benzene rings is 1. The van der Waals surface area contributed by atoms with E-state index in [1.165, 1.54) is 22.6 Å². The van der Waals surface area contributed by atoms with Crippen LogP contribution in [0.15, 0.2) is 24.3 Å². The molecular weight excluding hydrogens is 152 g/mol. The first-order valence-electron chi connectivity index (χ1n) is 3.68. The van der Waals surface area contributed by atoms with Crippen molar-refractivity contribution in [2.24, 2.45) is 0 Å². The van der Waals surface area contributed by atoms with Gasteiger partial charge in [0.1, 0.15) is 0 Å². The Balaban J connectivity index is 0.000000213. The highest BCUT2D eigenvalue weighted by atomic mass is 15.0. The van der Waals surface area contributed by atoms with Crippen LogP contribution in [0.1, 0.15) is 5.56 Å². The average molecular weight is 161 g/mol. The first-order chi connectivity index (χ1) is 5.88. The van der Waals surface area contributed by atoms with Crippen molar-refractivity contribution in [2.75, 3.05) is 11.9 Å². The molecule has 4 heteroatoms. The normalized spacial score (nSPS) is 11.7. The maximum absolute atomic E-state index is 6.75. The average Bonchev–Trinajstić information content (AvgIpc) is 2.52. The second-order valence-corrected chi connectivity index (χ2v) is 2.42. The van der Waals surface area contributed by atoms with Crippen LogP contribution in [0.2, 0.25) is 0 Å². The van der Waals surface area contributed by atoms with Crippen molar-refractivity contribution in [1.82, 2.24) is 0 Å². The van der Waals surface area contributed by atoms with Gasteiger partial charge in [-0.2, -0.15) is 0 Å². The van der Waals surface area contributed by atoms with Gasteiger partial charge in [0.2, 0.25) is 0 Å². The van der Waals surface area contributed by atoms with Gasteiger partial charge in [-0.05, 0) is 18.1 Å². The number of nitrogens with zero attached hydrogens (tertiary/aromatic N) is 3. The van der Waals surface area contributed by atoms with E-state index in [0.29, 0.717) is 0 Å². The van der Waals surface area contributed by atoms with Gasteiger partial charge in [0, 0.05) is 12.2 Å². The minimum atomic E-state index is 1.11. The second kappa shape index (κ2) is 4.26. The molecule has 2 rings (SSSR count). The van der Waals surface area contributed by atoms with Crippen molar-refractivity contribution in [3.8, 4) is 0 Å². The second-order valence-electron chi connectivity index (χ2n) is 2.42. The zero-order chi connectivity index (χ0) is 8.81. The van der Waals surface area contributed by atoms with Crippen LogP contribution in [0.5, 0.6) is 0 Å². The summed E-state index contributed by atoms with van der Waals surface area (Å²) in [4.78, 5) is 1.50. The summed E-state index contributed by atoms with van der Waals surface area (Å²) >= 11 is 0. The van der Waals surface area contributed by atoms with E-state index in [1.54, 1.807) is 0 Å². The van der Waals surface area contributed by atoms with E-state index in [0.717, 1.165) is 6.54 Å². The molecule has 0 saturated heterocycles. The van der Waals surface area contributed by atoms with E-state index in [1.807, 2.05) is 0 Å². The third-order valence-corrected chi connectivity index (χ3v) is 1.73. The van der Waals surface area contributed by atoms with Crippen molar-refractivity contribution in [3.05, 3.63) is 45.8 Å². The van der Waals surface area contributed by atoms with Gasteiger partial charge in [0.25, 0.3) is 0 Å². The van der Waals surface area contributed by atoms with Gasteiger partial charge in [0.05, 0.1) is 0 Å². The highest BCUT2D eigenvalue weighted by Crippen LogP contribution is 2.19. The fourth-order valence-corrected chi connectivity index (χ4v) is 1.24. The molecule has 0 aliphatic carbocycles. The van der Waals surface area contributed by atoms with Crippen LogP contribution in [0, 0.1) is 0 Å². The van der Waals surface area contributed by atoms with Crippen molar-refractivity contribution in [1.29, 1.82) is 0 Å². The van der Waals surface area contributed by atoms with Gasteiger partial charge >= 0.3 is 0 Å². The monoisotopic (exact) mass is 161 g/mol. The minimum Gasteiger partial charge on any atom is -0.384 e. The van der Waals surface area contributed by atoms with E-state index in [4.69, 9.17) is 11.1 Å². The first kappa shape index (κ1) is 8.43. The van der Waals surface area contributed by atoms with Gasteiger partial charge < -0.3 is 16.4 Å². The fraction of sp³-hybridized carbons (Fsp3) is 0.250.